The van der Waals surface area contributed by atoms with Gasteiger partial charge in [-0.15, -0.1) is 0 Å². The molecule has 6 heterocycles. The van der Waals surface area contributed by atoms with Gasteiger partial charge in [-0.3, -0.25) is 13.7 Å². The highest BCUT2D eigenvalue weighted by Crippen LogP contribution is 2.46. The van der Waals surface area contributed by atoms with Gasteiger partial charge < -0.3 is 0 Å². The second-order valence-corrected chi connectivity index (χ2v) is 37.1. The first-order valence-electron chi connectivity index (χ1n) is 49.3. The van der Waals surface area contributed by atoms with Gasteiger partial charge in [-0.1, -0.05) is 443 Å². The van der Waals surface area contributed by atoms with Crippen LogP contribution in [-0.2, 0) is 0 Å². The molecule has 29 rings (SSSR count). The van der Waals surface area contributed by atoms with Crippen molar-refractivity contribution in [2.75, 3.05) is 0 Å². The van der Waals surface area contributed by atoms with Gasteiger partial charge in [-0.25, -0.2) is 29.9 Å². The highest BCUT2D eigenvalue weighted by molar-refractivity contribution is 6.25. The summed E-state index contributed by atoms with van der Waals surface area (Å²) in [7, 11) is 0. The predicted octanol–water partition coefficient (Wildman–Crippen LogP) is 35.5. The Labute approximate surface area is 836 Å². The molecule has 23 aromatic carbocycles. The molecule has 0 amide bonds. The number of aromatic nitrogens is 9. The molecule has 0 saturated carbocycles. The largest absolute Gasteiger partial charge is 0.294 e. The van der Waals surface area contributed by atoms with Crippen LogP contribution >= 0.6 is 0 Å². The third-order valence-electron chi connectivity index (χ3n) is 28.6. The highest BCUT2D eigenvalue weighted by atomic mass is 15.1. The Morgan fingerprint density at radius 2 is 0.345 bits per heavy atom. The molecule has 0 spiro atoms. The standard InChI is InChI=1S/2C46H29N3.C44H29N3/c1-3-12-31(13-4-1)41-29-44(48-46(47-41)32-14-5-2-6-15-32)49-42-18-10-9-17-40(42)45-39-25-22-34(28-36(39)23-26-43(45)49)33-21-24-38-35(27-33)20-19-30-11-7-8-16-37(30)38;1-3-12-32(13-4-1)41-29-44(48-46(47-41)33-14-5-2-6-15-33)49-42-18-10-9-17-39(42)45-38-25-23-34(27-36(38)24-26-43(45)49)35-22-21-31-20-19-30-11-7-8-16-37(30)40(31)28-35;1-4-12-30(13-5-1)31-20-22-32(23-21-31)36-25-24-33-26-27-41-43(38(33)28-36)37-18-10-11-19-40(37)47(41)42-29-39(34-14-6-2-7-15-34)45-44(46-42)35-16-8-3-9-17-35/h2*1-29H;1-29H. The molecule has 0 N–H and O–H groups in total. The molecule has 0 saturated heterocycles. The molecule has 145 heavy (non-hydrogen) atoms. The monoisotopic (exact) mass is 1850 g/mol. The van der Waals surface area contributed by atoms with Gasteiger partial charge in [-0.05, 0) is 187 Å². The molecular weight excluding hydrogens is 1760 g/mol. The molecule has 0 fully saturated rings. The van der Waals surface area contributed by atoms with E-state index in [2.05, 4.69) is 469 Å². The van der Waals surface area contributed by atoms with Crippen LogP contribution in [-0.4, -0.2) is 43.6 Å². The van der Waals surface area contributed by atoms with Gasteiger partial charge in [0.15, 0.2) is 17.5 Å². The zero-order chi connectivity index (χ0) is 95.8. The van der Waals surface area contributed by atoms with Crippen molar-refractivity contribution in [3.05, 3.63) is 528 Å². The van der Waals surface area contributed by atoms with E-state index in [0.29, 0.717) is 17.5 Å². The summed E-state index contributed by atoms with van der Waals surface area (Å²) in [6, 6.07) is 187. The van der Waals surface area contributed by atoms with Crippen molar-refractivity contribution in [2.24, 2.45) is 0 Å². The number of hydrogen-bond donors (Lipinski definition) is 0. The van der Waals surface area contributed by atoms with Crippen LogP contribution in [0.4, 0.5) is 0 Å². The summed E-state index contributed by atoms with van der Waals surface area (Å²) in [4.78, 5) is 30.7. The lowest BCUT2D eigenvalue weighted by Crippen LogP contribution is -2.02. The molecule has 6 aromatic heterocycles. The fraction of sp³-hybridized carbons (Fsp3) is 0. The fourth-order valence-electron chi connectivity index (χ4n) is 21.6. The van der Waals surface area contributed by atoms with E-state index in [1.165, 1.54) is 152 Å². The van der Waals surface area contributed by atoms with Gasteiger partial charge in [0.2, 0.25) is 0 Å². The van der Waals surface area contributed by atoms with Crippen LogP contribution in [0.25, 0.3) is 271 Å². The Bertz CT molecular complexity index is 9940. The minimum atomic E-state index is 0.704. The molecule has 9 nitrogen and oxygen atoms in total. The number of rotatable bonds is 13. The van der Waals surface area contributed by atoms with Crippen molar-refractivity contribution in [1.82, 2.24) is 43.6 Å². The van der Waals surface area contributed by atoms with Crippen LogP contribution < -0.4 is 0 Å². The first kappa shape index (κ1) is 84.8. The molecule has 9 heteroatoms. The van der Waals surface area contributed by atoms with E-state index in [1.807, 2.05) is 72.8 Å². The van der Waals surface area contributed by atoms with E-state index in [9.17, 15) is 0 Å². The first-order valence-corrected chi connectivity index (χ1v) is 49.3. The zero-order valence-corrected chi connectivity index (χ0v) is 78.8. The number of para-hydroxylation sites is 3. The Morgan fingerprint density at radius 3 is 0.738 bits per heavy atom. The summed E-state index contributed by atoms with van der Waals surface area (Å²) in [6.45, 7) is 0. The molecule has 0 unspecified atom stereocenters. The second-order valence-electron chi connectivity index (χ2n) is 37.1. The number of nitrogens with zero attached hydrogens (tertiary/aromatic N) is 9. The molecule has 29 aromatic rings. The van der Waals surface area contributed by atoms with Gasteiger partial charge >= 0.3 is 0 Å². The number of benzene rings is 23. The highest BCUT2D eigenvalue weighted by Gasteiger charge is 2.25. The third kappa shape index (κ3) is 15.5. The molecule has 0 aliphatic heterocycles. The SMILES string of the molecule is c1ccc(-c2cc(-n3c4ccccc4c4c5ccc(-c6ccc7c(ccc8ccccc87)c6)cc5ccc43)nc(-c3ccccc3)n2)cc1.c1ccc(-c2cc(-n3c4ccccc4c4c5ccc(-c6ccc7ccc8ccccc8c7c6)cc5ccc43)nc(-c3ccccc3)n2)cc1.c1ccc(-c2ccc(-c3ccc4ccc5c(c4c3)c3ccccc3n5-c3cc(-c4ccccc4)nc(-c4ccccc4)n3)cc2)cc1. The maximum Gasteiger partial charge on any atom is 0.162 e. The topological polar surface area (TPSA) is 92.1 Å². The van der Waals surface area contributed by atoms with E-state index in [4.69, 9.17) is 29.9 Å². The number of hydrogen-bond acceptors (Lipinski definition) is 6. The maximum atomic E-state index is 5.20. The maximum absolute atomic E-state index is 5.20. The van der Waals surface area contributed by atoms with E-state index in [-0.39, 0.29) is 0 Å². The molecule has 0 aliphatic rings. The summed E-state index contributed by atoms with van der Waals surface area (Å²) < 4.78 is 6.89. The molecule has 0 aliphatic carbocycles. The summed E-state index contributed by atoms with van der Waals surface area (Å²) in [6.07, 6.45) is 0. The van der Waals surface area contributed by atoms with Crippen LogP contribution in [0, 0.1) is 0 Å². The van der Waals surface area contributed by atoms with Gasteiger partial charge in [0.1, 0.15) is 17.5 Å². The van der Waals surface area contributed by atoms with Crippen LogP contribution in [0.15, 0.2) is 528 Å². The van der Waals surface area contributed by atoms with Gasteiger partial charge in [-0.2, -0.15) is 0 Å². The Morgan fingerprint density at radius 1 is 0.117 bits per heavy atom. The van der Waals surface area contributed by atoms with Crippen molar-refractivity contribution < 1.29 is 0 Å². The van der Waals surface area contributed by atoms with Gasteiger partial charge in [0, 0.05) is 83.9 Å². The van der Waals surface area contributed by atoms with Gasteiger partial charge in [0.25, 0.3) is 0 Å². The Kier molecular flexibility index (Phi) is 21.1. The lowest BCUT2D eigenvalue weighted by Gasteiger charge is -2.12. The lowest BCUT2D eigenvalue weighted by atomic mass is 9.95. The predicted molar refractivity (Wildman–Crippen MR) is 606 cm³/mol. The van der Waals surface area contributed by atoms with Crippen molar-refractivity contribution in [1.29, 1.82) is 0 Å². The van der Waals surface area contributed by atoms with E-state index < -0.39 is 0 Å². The quantitative estimate of drug-likeness (QED) is 0.107. The Balaban J connectivity index is 0.000000108. The fourth-order valence-corrected chi connectivity index (χ4v) is 21.6. The van der Waals surface area contributed by atoms with E-state index in [1.54, 1.807) is 0 Å². The van der Waals surface area contributed by atoms with Crippen LogP contribution in [0.3, 0.4) is 0 Å². The minimum absolute atomic E-state index is 0.704. The summed E-state index contributed by atoms with van der Waals surface area (Å²) >= 11 is 0. The average Bonchev–Trinajstić information content (AvgIpc) is 1.57. The average molecular weight is 1850 g/mol. The summed E-state index contributed by atoms with van der Waals surface area (Å²) in [5, 5.41) is 24.8. The van der Waals surface area contributed by atoms with Crippen LogP contribution in [0.1, 0.15) is 0 Å². The van der Waals surface area contributed by atoms with Crippen molar-refractivity contribution in [2.45, 2.75) is 0 Å². The third-order valence-corrected chi connectivity index (χ3v) is 28.6. The Hall–Kier alpha value is -19.5. The molecular formula is C136H87N9. The normalized spacial score (nSPS) is 11.6. The molecule has 0 atom stereocenters. The molecule has 0 bridgehead atoms. The molecule has 676 valence electrons. The van der Waals surface area contributed by atoms with E-state index >= 15 is 0 Å². The van der Waals surface area contributed by atoms with Crippen molar-refractivity contribution in [3.63, 3.8) is 0 Å². The molecule has 0 radical (unpaired) electrons. The minimum Gasteiger partial charge on any atom is -0.294 e. The lowest BCUT2D eigenvalue weighted by molar-refractivity contribution is 1.05. The second kappa shape index (κ2) is 36.1. The summed E-state index contributed by atoms with van der Waals surface area (Å²) in [5.41, 5.74) is 25.2. The smallest absolute Gasteiger partial charge is 0.162 e. The van der Waals surface area contributed by atoms with E-state index in [0.717, 1.165) is 101 Å². The number of fused-ring (bicyclic) bond motifs is 21. The first-order chi connectivity index (χ1) is 71.9. The van der Waals surface area contributed by atoms with Crippen LogP contribution in [0.5, 0.6) is 0 Å². The zero-order valence-electron chi connectivity index (χ0n) is 78.8. The van der Waals surface area contributed by atoms with Crippen molar-refractivity contribution >= 4 is 141 Å². The van der Waals surface area contributed by atoms with Crippen molar-refractivity contribution in [3.8, 4) is 130 Å². The van der Waals surface area contributed by atoms with Gasteiger partial charge in [0.05, 0.1) is 50.2 Å². The summed E-state index contributed by atoms with van der Waals surface area (Å²) in [5.74, 6) is 4.65. The van der Waals surface area contributed by atoms with Crippen LogP contribution in [0.2, 0.25) is 0 Å².